The maximum atomic E-state index is 11.3. The highest BCUT2D eigenvalue weighted by Gasteiger charge is 2.22. The van der Waals surface area contributed by atoms with Crippen molar-refractivity contribution in [2.45, 2.75) is 13.0 Å². The lowest BCUT2D eigenvalue weighted by atomic mass is 10.2. The van der Waals surface area contributed by atoms with Crippen molar-refractivity contribution in [1.82, 2.24) is 24.5 Å². The Morgan fingerprint density at radius 1 is 0.743 bits per heavy atom. The van der Waals surface area contributed by atoms with Crippen LogP contribution in [0.25, 0.3) is 0 Å². The van der Waals surface area contributed by atoms with Crippen molar-refractivity contribution in [3.8, 4) is 0 Å². The van der Waals surface area contributed by atoms with E-state index in [9.17, 15) is 44.6 Å². The van der Waals surface area contributed by atoms with Crippen molar-refractivity contribution in [2.75, 3.05) is 97.9 Å². The van der Waals surface area contributed by atoms with Crippen molar-refractivity contribution in [3.05, 3.63) is 0 Å². The summed E-state index contributed by atoms with van der Waals surface area (Å²) >= 11 is 0. The molecule has 1 fully saturated rings. The lowest BCUT2D eigenvalue weighted by Crippen LogP contribution is -2.50. The number of hydrogen-bond acceptors (Lipinski definition) is 11. The average molecular weight is 526 g/mol. The summed E-state index contributed by atoms with van der Waals surface area (Å²) in [6, 6.07) is 0. The van der Waals surface area contributed by atoms with Crippen LogP contribution in [-0.2, 0) is 14.4 Å². The zero-order valence-corrected chi connectivity index (χ0v) is 21.2. The number of hydrogen-bond donors (Lipinski definition) is 6. The van der Waals surface area contributed by atoms with Gasteiger partial charge in [0.25, 0.3) is 0 Å². The van der Waals surface area contributed by atoms with Gasteiger partial charge in [-0.15, -0.1) is 0 Å². The summed E-state index contributed by atoms with van der Waals surface area (Å²) in [4.78, 5) is 61.3. The fourth-order valence-corrected chi connectivity index (χ4v) is 4.60. The molecule has 14 nitrogen and oxygen atoms in total. The van der Waals surface area contributed by atoms with Gasteiger partial charge in [-0.25, -0.2) is 0 Å². The van der Waals surface area contributed by atoms with Gasteiger partial charge in [-0.1, -0.05) is 6.92 Å². The molecule has 1 saturated heterocycles. The lowest BCUT2D eigenvalue weighted by Gasteiger charge is -2.34. The third-order valence-corrected chi connectivity index (χ3v) is 6.37. The van der Waals surface area contributed by atoms with Crippen LogP contribution in [0.5, 0.6) is 0 Å². The molecule has 0 bridgehead atoms. The number of carbonyl (C=O) groups is 3. The molecule has 1 rings (SSSR count). The van der Waals surface area contributed by atoms with Crippen molar-refractivity contribution >= 4 is 26.3 Å². The van der Waals surface area contributed by atoms with E-state index in [0.717, 1.165) is 0 Å². The Morgan fingerprint density at radius 2 is 1.09 bits per heavy atom. The van der Waals surface area contributed by atoms with Gasteiger partial charge in [-0.2, -0.15) is 0 Å². The molecule has 0 saturated carbocycles. The van der Waals surface area contributed by atoms with E-state index in [1.165, 1.54) is 0 Å². The Hall–Kier alpha value is -1.48. The van der Waals surface area contributed by atoms with Gasteiger partial charge >= 0.3 is 17.9 Å². The number of aliphatic carboxylic acids is 3. The Bertz CT molecular complexity index is 628. The standard InChI is InChI=1S/C20H40N5O9P/c1-2-21(16-35(33)34)11-17(26)12-22-3-5-23(13-18(27)28)7-9-25(15-20(31)32)10-8-24(6-4-22)14-19(29)30/h17,26,33-34H,2-16H2,1H3,(H,27,28)(H,29,30)(H,31,32). The Labute approximate surface area is 206 Å². The number of rotatable bonds is 13. The van der Waals surface area contributed by atoms with E-state index < -0.39 is 32.4 Å². The van der Waals surface area contributed by atoms with Gasteiger partial charge in [0.2, 0.25) is 0 Å². The highest BCUT2D eigenvalue weighted by molar-refractivity contribution is 7.44. The first-order valence-corrected chi connectivity index (χ1v) is 13.0. The Balaban J connectivity index is 2.94. The molecule has 1 aliphatic heterocycles. The van der Waals surface area contributed by atoms with Gasteiger partial charge in [0.15, 0.2) is 8.38 Å². The lowest BCUT2D eigenvalue weighted by molar-refractivity contribution is -0.140. The molecule has 6 N–H and O–H groups in total. The number of nitrogens with zero attached hydrogens (tertiary/aromatic N) is 5. The molecule has 0 spiro atoms. The number of carboxylic acid groups (broad SMARTS) is 3. The fraction of sp³-hybridized carbons (Fsp3) is 0.850. The highest BCUT2D eigenvalue weighted by atomic mass is 31.2. The second-order valence-electron chi connectivity index (χ2n) is 8.65. The highest BCUT2D eigenvalue weighted by Crippen LogP contribution is 2.23. The van der Waals surface area contributed by atoms with E-state index in [-0.39, 0.29) is 39.0 Å². The zero-order chi connectivity index (χ0) is 26.4. The first kappa shape index (κ1) is 31.5. The summed E-state index contributed by atoms with van der Waals surface area (Å²) in [6.07, 6.45) is -0.737. The monoisotopic (exact) mass is 525 g/mol. The molecule has 0 aliphatic carbocycles. The summed E-state index contributed by atoms with van der Waals surface area (Å²) in [6.45, 7) is 5.10. The molecule has 15 heteroatoms. The van der Waals surface area contributed by atoms with Crippen LogP contribution in [0, 0.1) is 0 Å². The Morgan fingerprint density at radius 3 is 1.37 bits per heavy atom. The topological polar surface area (TPSA) is 189 Å². The molecular formula is C20H40N5O9P. The molecule has 1 unspecified atom stereocenters. The molecule has 0 aromatic carbocycles. The van der Waals surface area contributed by atoms with Crippen LogP contribution in [0.2, 0.25) is 0 Å². The van der Waals surface area contributed by atoms with Crippen LogP contribution in [0.1, 0.15) is 6.92 Å². The fourth-order valence-electron chi connectivity index (χ4n) is 3.93. The van der Waals surface area contributed by atoms with Gasteiger partial charge in [0.1, 0.15) is 0 Å². The third-order valence-electron chi connectivity index (χ3n) is 5.72. The largest absolute Gasteiger partial charge is 0.480 e. The van der Waals surface area contributed by atoms with Gasteiger partial charge in [-0.05, 0) is 6.54 Å². The SMILES string of the molecule is CCN(CC(O)CN1CCN(CC(=O)O)CCN(CC(=O)O)CCN(CC(=O)O)CC1)CP(O)O. The summed E-state index contributed by atoms with van der Waals surface area (Å²) in [5.41, 5.74) is 0. The average Bonchev–Trinajstić information content (AvgIpc) is 2.73. The summed E-state index contributed by atoms with van der Waals surface area (Å²) in [7, 11) is -2.12. The first-order chi connectivity index (χ1) is 16.5. The van der Waals surface area contributed by atoms with Crippen LogP contribution in [0.4, 0.5) is 0 Å². The molecule has 0 aromatic rings. The van der Waals surface area contributed by atoms with E-state index in [0.29, 0.717) is 58.9 Å². The maximum Gasteiger partial charge on any atom is 0.317 e. The smallest absolute Gasteiger partial charge is 0.317 e. The normalized spacial score (nSPS) is 19.4. The summed E-state index contributed by atoms with van der Waals surface area (Å²) in [5.74, 6) is -3.00. The molecule has 35 heavy (non-hydrogen) atoms. The van der Waals surface area contributed by atoms with E-state index in [1.807, 2.05) is 11.8 Å². The molecule has 0 aromatic heterocycles. The minimum absolute atomic E-state index is 0.0640. The summed E-state index contributed by atoms with van der Waals surface area (Å²) in [5, 5.41) is 38.4. The number of β-amino-alcohol motifs (C(OH)–C–C–N with tert-alkyl or cyclic N) is 1. The van der Waals surface area contributed by atoms with E-state index >= 15 is 0 Å². The molecule has 1 atom stereocenters. The molecule has 1 aliphatic rings. The second kappa shape index (κ2) is 17.1. The maximum absolute atomic E-state index is 11.3. The van der Waals surface area contributed by atoms with Crippen LogP contribution >= 0.6 is 8.38 Å². The first-order valence-electron chi connectivity index (χ1n) is 11.6. The minimum atomic E-state index is -2.12. The van der Waals surface area contributed by atoms with Crippen LogP contribution in [-0.4, -0.2) is 177 Å². The van der Waals surface area contributed by atoms with Crippen molar-refractivity contribution < 1.29 is 44.6 Å². The number of likely N-dealkylation sites (N-methyl/N-ethyl adjacent to an activating group) is 1. The van der Waals surface area contributed by atoms with Crippen molar-refractivity contribution in [1.29, 1.82) is 0 Å². The van der Waals surface area contributed by atoms with Crippen LogP contribution < -0.4 is 0 Å². The predicted octanol–water partition coefficient (Wildman–Crippen LogP) is -2.60. The van der Waals surface area contributed by atoms with E-state index in [1.54, 1.807) is 19.6 Å². The molecule has 204 valence electrons. The molecule has 0 amide bonds. The number of carboxylic acids is 3. The number of aliphatic hydroxyl groups is 1. The van der Waals surface area contributed by atoms with Gasteiger partial charge in [0.05, 0.1) is 32.0 Å². The van der Waals surface area contributed by atoms with Gasteiger partial charge in [0, 0.05) is 65.4 Å². The number of aliphatic hydroxyl groups excluding tert-OH is 1. The van der Waals surface area contributed by atoms with Crippen molar-refractivity contribution in [2.24, 2.45) is 0 Å². The van der Waals surface area contributed by atoms with E-state index in [2.05, 4.69) is 0 Å². The van der Waals surface area contributed by atoms with E-state index in [4.69, 9.17) is 0 Å². The Kier molecular flexibility index (Phi) is 15.4. The quantitative estimate of drug-likeness (QED) is 0.137. The minimum Gasteiger partial charge on any atom is -0.480 e. The van der Waals surface area contributed by atoms with Gasteiger partial charge < -0.3 is 30.2 Å². The third kappa shape index (κ3) is 15.3. The molecule has 0 radical (unpaired) electrons. The molecular weight excluding hydrogens is 485 g/mol. The second-order valence-corrected chi connectivity index (χ2v) is 9.67. The van der Waals surface area contributed by atoms with Crippen LogP contribution in [0.3, 0.4) is 0 Å². The zero-order valence-electron chi connectivity index (χ0n) is 20.3. The van der Waals surface area contributed by atoms with Crippen molar-refractivity contribution in [3.63, 3.8) is 0 Å². The predicted molar refractivity (Wildman–Crippen MR) is 128 cm³/mol. The molecule has 1 heterocycles. The van der Waals surface area contributed by atoms with Crippen LogP contribution in [0.15, 0.2) is 0 Å². The summed E-state index contributed by atoms with van der Waals surface area (Å²) < 4.78 is 0. The van der Waals surface area contributed by atoms with Gasteiger partial charge in [-0.3, -0.25) is 38.9 Å².